The fourth-order valence-electron chi connectivity index (χ4n) is 4.10. The van der Waals surface area contributed by atoms with E-state index in [1.807, 2.05) is 73.5 Å². The first-order chi connectivity index (χ1) is 17.9. The number of fused-ring (bicyclic) bond motifs is 1. The van der Waals surface area contributed by atoms with Crippen molar-refractivity contribution in [2.75, 3.05) is 30.4 Å². The molecule has 0 unspecified atom stereocenters. The Bertz CT molecular complexity index is 1430. The van der Waals surface area contributed by atoms with Gasteiger partial charge in [-0.05, 0) is 72.2 Å². The average molecular weight is 494 g/mol. The van der Waals surface area contributed by atoms with Crippen LogP contribution >= 0.6 is 0 Å². The van der Waals surface area contributed by atoms with Gasteiger partial charge in [-0.15, -0.1) is 0 Å². The zero-order valence-corrected chi connectivity index (χ0v) is 21.4. The molecular weight excluding hydrogens is 462 g/mol. The molecule has 0 radical (unpaired) electrons. The molecule has 0 bridgehead atoms. The summed E-state index contributed by atoms with van der Waals surface area (Å²) in [6.45, 7) is 4.62. The summed E-state index contributed by atoms with van der Waals surface area (Å²) in [6, 6.07) is 25.4. The van der Waals surface area contributed by atoms with Gasteiger partial charge in [-0.2, -0.15) is 0 Å². The van der Waals surface area contributed by atoms with Crippen LogP contribution in [0.2, 0.25) is 0 Å². The number of esters is 1. The fourth-order valence-corrected chi connectivity index (χ4v) is 4.10. The number of hydrogen-bond acceptors (Lipinski definition) is 5. The van der Waals surface area contributed by atoms with Crippen LogP contribution < -0.4 is 10.2 Å². The Morgan fingerprint density at radius 3 is 2.51 bits per heavy atom. The molecule has 0 saturated carbocycles. The Kier molecular flexibility index (Phi) is 8.31. The molecule has 0 saturated heterocycles. The first-order valence-electron chi connectivity index (χ1n) is 12.4. The second-order valence-electron chi connectivity index (χ2n) is 8.82. The lowest BCUT2D eigenvalue weighted by atomic mass is 10.0. The molecule has 0 aliphatic heterocycles. The van der Waals surface area contributed by atoms with Crippen molar-refractivity contribution in [2.45, 2.75) is 20.3 Å². The van der Waals surface area contributed by atoms with Crippen molar-refractivity contribution in [2.24, 2.45) is 0 Å². The van der Waals surface area contributed by atoms with Crippen molar-refractivity contribution in [3.05, 3.63) is 108 Å². The molecule has 188 valence electrons. The number of carbonyl (C=O) groups excluding carboxylic acids is 2. The number of aromatic nitrogens is 1. The fraction of sp³-hybridized carbons (Fsp3) is 0.194. The normalized spacial score (nSPS) is 11.3. The standard InChI is InChI=1S/C31H31N3O3/c1-4-37-31(36)28-21-27(34(3)18-16-26-11-7-8-17-32-26)14-15-29(28)33-30(35)19-22(2)24-13-12-23-9-5-6-10-25(23)20-24/h5-15,17,19-21H,4,16,18H2,1-3H3,(H,33,35)/b22-19-. The van der Waals surface area contributed by atoms with Gasteiger partial charge in [-0.3, -0.25) is 9.78 Å². The predicted molar refractivity (Wildman–Crippen MR) is 150 cm³/mol. The molecule has 0 spiro atoms. The quantitative estimate of drug-likeness (QED) is 0.224. The van der Waals surface area contributed by atoms with E-state index in [4.69, 9.17) is 4.74 Å². The van der Waals surface area contributed by atoms with Crippen molar-refractivity contribution >= 4 is 39.6 Å². The van der Waals surface area contributed by atoms with Gasteiger partial charge in [0.15, 0.2) is 0 Å². The van der Waals surface area contributed by atoms with E-state index in [1.54, 1.807) is 31.3 Å². The monoisotopic (exact) mass is 493 g/mol. The number of pyridine rings is 1. The molecule has 1 amide bonds. The average Bonchev–Trinajstić information content (AvgIpc) is 2.92. The van der Waals surface area contributed by atoms with Crippen molar-refractivity contribution < 1.29 is 14.3 Å². The van der Waals surface area contributed by atoms with E-state index >= 15 is 0 Å². The molecule has 1 aromatic heterocycles. The minimum absolute atomic E-state index is 0.243. The smallest absolute Gasteiger partial charge is 0.340 e. The minimum Gasteiger partial charge on any atom is -0.462 e. The van der Waals surface area contributed by atoms with Crippen LogP contribution in [0.1, 0.15) is 35.5 Å². The summed E-state index contributed by atoms with van der Waals surface area (Å²) in [5.41, 5.74) is 4.36. The number of allylic oxidation sites excluding steroid dienone is 1. The molecule has 0 atom stereocenters. The lowest BCUT2D eigenvalue weighted by Gasteiger charge is -2.21. The van der Waals surface area contributed by atoms with Crippen LogP contribution in [-0.2, 0) is 16.0 Å². The number of carbonyl (C=O) groups is 2. The third-order valence-electron chi connectivity index (χ3n) is 6.18. The van der Waals surface area contributed by atoms with Gasteiger partial charge < -0.3 is 15.0 Å². The van der Waals surface area contributed by atoms with E-state index in [9.17, 15) is 9.59 Å². The number of amides is 1. The van der Waals surface area contributed by atoms with E-state index in [-0.39, 0.29) is 12.5 Å². The number of nitrogens with one attached hydrogen (secondary N) is 1. The van der Waals surface area contributed by atoms with Crippen molar-refractivity contribution in [1.82, 2.24) is 4.98 Å². The zero-order chi connectivity index (χ0) is 26.2. The van der Waals surface area contributed by atoms with Crippen LogP contribution in [0.25, 0.3) is 16.3 Å². The van der Waals surface area contributed by atoms with Crippen LogP contribution in [0.5, 0.6) is 0 Å². The van der Waals surface area contributed by atoms with Gasteiger partial charge in [0.1, 0.15) is 0 Å². The van der Waals surface area contributed by atoms with Gasteiger partial charge in [0.2, 0.25) is 5.91 Å². The Morgan fingerprint density at radius 1 is 0.973 bits per heavy atom. The summed E-state index contributed by atoms with van der Waals surface area (Å²) in [5.74, 6) is -0.791. The lowest BCUT2D eigenvalue weighted by Crippen LogP contribution is -2.22. The molecule has 6 heteroatoms. The molecule has 4 rings (SSSR count). The summed E-state index contributed by atoms with van der Waals surface area (Å²) in [6.07, 6.45) is 4.09. The Morgan fingerprint density at radius 2 is 1.76 bits per heavy atom. The molecule has 37 heavy (non-hydrogen) atoms. The maximum absolute atomic E-state index is 12.9. The highest BCUT2D eigenvalue weighted by atomic mass is 16.5. The Labute approximate surface area is 217 Å². The molecule has 4 aromatic rings. The molecule has 0 fully saturated rings. The maximum atomic E-state index is 12.9. The van der Waals surface area contributed by atoms with Crippen LogP contribution in [0.15, 0.2) is 91.1 Å². The third-order valence-corrected chi connectivity index (χ3v) is 6.18. The van der Waals surface area contributed by atoms with Crippen molar-refractivity contribution in [1.29, 1.82) is 0 Å². The summed E-state index contributed by atoms with van der Waals surface area (Å²) in [5, 5.41) is 5.12. The highest BCUT2D eigenvalue weighted by Gasteiger charge is 2.17. The Hall–Kier alpha value is -4.45. The van der Waals surface area contributed by atoms with E-state index in [0.29, 0.717) is 11.3 Å². The van der Waals surface area contributed by atoms with Gasteiger partial charge in [0.25, 0.3) is 0 Å². The lowest BCUT2D eigenvalue weighted by molar-refractivity contribution is -0.111. The SMILES string of the molecule is CCOC(=O)c1cc(N(C)CCc2ccccn2)ccc1NC(=O)/C=C(/C)c1ccc2ccccc2c1. The zero-order valence-electron chi connectivity index (χ0n) is 21.4. The van der Waals surface area contributed by atoms with Crippen LogP contribution in [0.4, 0.5) is 11.4 Å². The van der Waals surface area contributed by atoms with Gasteiger partial charge in [0, 0.05) is 43.7 Å². The molecular formula is C31H31N3O3. The Balaban J connectivity index is 1.52. The van der Waals surface area contributed by atoms with Gasteiger partial charge in [-0.25, -0.2) is 4.79 Å². The highest BCUT2D eigenvalue weighted by Crippen LogP contribution is 2.25. The summed E-state index contributed by atoms with van der Waals surface area (Å²) >= 11 is 0. The molecule has 0 aliphatic rings. The number of anilines is 2. The molecule has 1 N–H and O–H groups in total. The first-order valence-corrected chi connectivity index (χ1v) is 12.4. The molecule has 1 heterocycles. The van der Waals surface area contributed by atoms with E-state index < -0.39 is 5.97 Å². The second kappa shape index (κ2) is 12.0. The summed E-state index contributed by atoms with van der Waals surface area (Å²) < 4.78 is 5.27. The topological polar surface area (TPSA) is 71.5 Å². The highest BCUT2D eigenvalue weighted by molar-refractivity contribution is 6.08. The molecule has 6 nitrogen and oxygen atoms in total. The van der Waals surface area contributed by atoms with Crippen LogP contribution in [-0.4, -0.2) is 37.1 Å². The molecule has 0 aliphatic carbocycles. The maximum Gasteiger partial charge on any atom is 0.340 e. The largest absolute Gasteiger partial charge is 0.462 e. The minimum atomic E-state index is -0.479. The van der Waals surface area contributed by atoms with Crippen molar-refractivity contribution in [3.8, 4) is 0 Å². The van der Waals surface area contributed by atoms with Crippen LogP contribution in [0.3, 0.4) is 0 Å². The number of benzene rings is 3. The first kappa shape index (κ1) is 25.6. The van der Waals surface area contributed by atoms with Gasteiger partial charge in [0.05, 0.1) is 17.9 Å². The molecule has 3 aromatic carbocycles. The van der Waals surface area contributed by atoms with Crippen LogP contribution in [0, 0.1) is 0 Å². The summed E-state index contributed by atoms with van der Waals surface area (Å²) in [4.78, 5) is 32.1. The van der Waals surface area contributed by atoms with E-state index in [1.165, 1.54) is 0 Å². The number of rotatable bonds is 9. The predicted octanol–water partition coefficient (Wildman–Crippen LogP) is 6.13. The number of hydrogen-bond donors (Lipinski definition) is 1. The van der Waals surface area contributed by atoms with Gasteiger partial charge >= 0.3 is 5.97 Å². The number of ether oxygens (including phenoxy) is 1. The van der Waals surface area contributed by atoms with Crippen molar-refractivity contribution in [3.63, 3.8) is 0 Å². The van der Waals surface area contributed by atoms with E-state index in [2.05, 4.69) is 22.4 Å². The van der Waals surface area contributed by atoms with E-state index in [0.717, 1.165) is 46.3 Å². The van der Waals surface area contributed by atoms with Gasteiger partial charge in [-0.1, -0.05) is 42.5 Å². The number of nitrogens with zero attached hydrogens (tertiary/aromatic N) is 2. The summed E-state index contributed by atoms with van der Waals surface area (Å²) in [7, 11) is 1.96. The number of likely N-dealkylation sites (N-methyl/N-ethyl adjacent to an activating group) is 1. The second-order valence-corrected chi connectivity index (χ2v) is 8.82. The third kappa shape index (κ3) is 6.61.